The van der Waals surface area contributed by atoms with Gasteiger partial charge in [0.25, 0.3) is 0 Å². The number of halogens is 1. The summed E-state index contributed by atoms with van der Waals surface area (Å²) in [6, 6.07) is 8.70. The summed E-state index contributed by atoms with van der Waals surface area (Å²) < 4.78 is 8.94. The van der Waals surface area contributed by atoms with E-state index in [0.29, 0.717) is 0 Å². The van der Waals surface area contributed by atoms with Gasteiger partial charge in [0, 0.05) is 0 Å². The van der Waals surface area contributed by atoms with Gasteiger partial charge in [-0.3, -0.25) is 0 Å². The van der Waals surface area contributed by atoms with Crippen molar-refractivity contribution in [3.05, 3.63) is 24.3 Å². The van der Waals surface area contributed by atoms with Crippen molar-refractivity contribution in [3.63, 3.8) is 0 Å². The minimum atomic E-state index is -0.127. The average molecular weight is 368 g/mol. The van der Waals surface area contributed by atoms with Gasteiger partial charge in [0.1, 0.15) is 0 Å². The van der Waals surface area contributed by atoms with Crippen LogP contribution in [0.15, 0.2) is 24.3 Å². The van der Waals surface area contributed by atoms with Crippen LogP contribution >= 0.6 is 17.0 Å². The van der Waals surface area contributed by atoms with Gasteiger partial charge in [-0.1, -0.05) is 77.0 Å². The second-order valence-electron chi connectivity index (χ2n) is 5.68. The number of para-hydroxylation sites is 1. The normalized spacial score (nSPS) is 9.81. The molecule has 1 rings (SSSR count). The molecule has 0 bridgehead atoms. The van der Waals surface area contributed by atoms with Gasteiger partial charge in [-0.15, -0.1) is 25.2 Å². The van der Waals surface area contributed by atoms with Gasteiger partial charge >= 0.3 is 20.4 Å². The number of benzene rings is 1. The summed E-state index contributed by atoms with van der Waals surface area (Å²) in [4.78, 5) is 0. The lowest BCUT2D eigenvalue weighted by Crippen LogP contribution is -2.17. The van der Waals surface area contributed by atoms with Crippen LogP contribution < -0.4 is 8.43 Å². The van der Waals surface area contributed by atoms with E-state index in [4.69, 9.17) is 4.74 Å². The standard InChI is InChI=1S/C14H21O.C4H9.BrH.Mg/c1-2-3-4-5-6-10-13-15-14-11-8-7-9-12-14;1-3-4-2;;/h7-9,11H,2-6,10,13H2,1H3;1,3-4H2,2H3;1H;. The minimum absolute atomic E-state index is 0. The van der Waals surface area contributed by atoms with Gasteiger partial charge in [0.15, 0.2) is 0 Å². The first-order chi connectivity index (χ1) is 9.88. The van der Waals surface area contributed by atoms with E-state index < -0.39 is 0 Å². The first-order valence-electron chi connectivity index (χ1n) is 8.59. The molecule has 0 radical (unpaired) electrons. The molecule has 0 saturated heterocycles. The van der Waals surface area contributed by atoms with E-state index in [-0.39, 0.29) is 37.3 Å². The minimum Gasteiger partial charge on any atom is -0.496 e. The summed E-state index contributed by atoms with van der Waals surface area (Å²) in [6.45, 7) is 5.43. The molecule has 21 heavy (non-hydrogen) atoms. The molecule has 0 N–H and O–H groups in total. The van der Waals surface area contributed by atoms with E-state index in [1.807, 2.05) is 0 Å². The van der Waals surface area contributed by atoms with E-state index in [1.54, 1.807) is 0 Å². The van der Waals surface area contributed by atoms with Crippen LogP contribution in [0.4, 0.5) is 0 Å². The Morgan fingerprint density at radius 3 is 2.29 bits per heavy atom. The van der Waals surface area contributed by atoms with Crippen LogP contribution in [0.3, 0.4) is 0 Å². The lowest BCUT2D eigenvalue weighted by molar-refractivity contribution is 0.306. The molecule has 0 aliphatic heterocycles. The summed E-state index contributed by atoms with van der Waals surface area (Å²) in [6.07, 6.45) is 10.7. The quantitative estimate of drug-likeness (QED) is 0.347. The molecule has 0 atom stereocenters. The van der Waals surface area contributed by atoms with Gasteiger partial charge in [-0.2, -0.15) is 0 Å². The third kappa shape index (κ3) is 10.6. The van der Waals surface area contributed by atoms with E-state index in [0.717, 1.165) is 6.61 Å². The molecule has 1 aromatic rings. The number of hydrogen-bond acceptors (Lipinski definition) is 1. The first-order valence-corrected chi connectivity index (χ1v) is 10.3. The molecule has 0 amide bonds. The Morgan fingerprint density at radius 1 is 0.857 bits per heavy atom. The highest BCUT2D eigenvalue weighted by molar-refractivity contribution is 8.93. The molecular formula is C18H31BrMgO. The monoisotopic (exact) mass is 366 g/mol. The lowest BCUT2D eigenvalue weighted by Gasteiger charge is -2.11. The Morgan fingerprint density at radius 2 is 1.52 bits per heavy atom. The molecule has 0 heterocycles. The molecule has 1 nitrogen and oxygen atoms in total. The summed E-state index contributed by atoms with van der Waals surface area (Å²) >= 11 is -0.127. The third-order valence-electron chi connectivity index (χ3n) is 3.78. The third-order valence-corrected chi connectivity index (χ3v) is 5.75. The first kappa shape index (κ1) is 21.3. The predicted octanol–water partition coefficient (Wildman–Crippen LogP) is 5.55. The van der Waals surface area contributed by atoms with Crippen molar-refractivity contribution in [2.45, 2.75) is 69.8 Å². The smallest absolute Gasteiger partial charge is 0.414 e. The van der Waals surface area contributed by atoms with Crippen molar-refractivity contribution < 1.29 is 4.74 Å². The zero-order chi connectivity index (χ0) is 14.5. The van der Waals surface area contributed by atoms with Crippen LogP contribution in [0.1, 0.15) is 65.2 Å². The van der Waals surface area contributed by atoms with Crippen LogP contribution in [0, 0.1) is 0 Å². The fourth-order valence-electron chi connectivity index (χ4n) is 2.48. The van der Waals surface area contributed by atoms with Crippen molar-refractivity contribution in [1.82, 2.24) is 0 Å². The van der Waals surface area contributed by atoms with Crippen LogP contribution in [0.2, 0.25) is 4.55 Å². The molecule has 0 spiro atoms. The summed E-state index contributed by atoms with van der Waals surface area (Å²) in [7, 11) is 0. The maximum absolute atomic E-state index is 6.01. The predicted molar refractivity (Wildman–Crippen MR) is 101 cm³/mol. The number of rotatable bonds is 12. The summed E-state index contributed by atoms with van der Waals surface area (Å²) in [5.41, 5.74) is 0. The molecule has 0 saturated carbocycles. The molecule has 1 aromatic carbocycles. The Hall–Kier alpha value is 0.266. The molecular weight excluding hydrogens is 336 g/mol. The van der Waals surface area contributed by atoms with Crippen molar-refractivity contribution in [3.8, 4) is 5.75 Å². The van der Waals surface area contributed by atoms with E-state index in [1.165, 1.54) is 65.4 Å². The SMILES string of the molecule is Br.CCCCCCCCOc1cccc[c]1[Mg][CH2]CCC. The van der Waals surface area contributed by atoms with Crippen molar-refractivity contribution in [1.29, 1.82) is 0 Å². The second kappa shape index (κ2) is 15.2. The Labute approximate surface area is 151 Å². The summed E-state index contributed by atoms with van der Waals surface area (Å²) in [5, 5.41) is 0. The number of hydrogen-bond donors (Lipinski definition) is 0. The highest BCUT2D eigenvalue weighted by Crippen LogP contribution is 2.10. The maximum Gasteiger partial charge on any atom is 0.414 e. The molecule has 0 aromatic heterocycles. The fraction of sp³-hybridized carbons (Fsp3) is 0.667. The fourth-order valence-corrected chi connectivity index (χ4v) is 4.38. The second-order valence-corrected chi connectivity index (χ2v) is 7.65. The molecule has 118 valence electrons. The zero-order valence-corrected chi connectivity index (χ0v) is 17.0. The Bertz CT molecular complexity index is 344. The van der Waals surface area contributed by atoms with E-state index in [9.17, 15) is 0 Å². The molecule has 0 unspecified atom stereocenters. The molecule has 0 aliphatic carbocycles. The Balaban J connectivity index is 0.00000400. The van der Waals surface area contributed by atoms with Gasteiger partial charge in [-0.05, 0) is 12.5 Å². The molecule has 0 fully saturated rings. The zero-order valence-electron chi connectivity index (χ0n) is 13.9. The van der Waals surface area contributed by atoms with Crippen molar-refractivity contribution >= 4 is 41.0 Å². The van der Waals surface area contributed by atoms with Gasteiger partial charge in [0.2, 0.25) is 0 Å². The van der Waals surface area contributed by atoms with Gasteiger partial charge in [0.05, 0.1) is 12.4 Å². The van der Waals surface area contributed by atoms with Gasteiger partial charge < -0.3 is 4.74 Å². The largest absolute Gasteiger partial charge is 0.496 e. The molecule has 0 aliphatic rings. The van der Waals surface area contributed by atoms with Crippen LogP contribution in [0.25, 0.3) is 0 Å². The van der Waals surface area contributed by atoms with E-state index in [2.05, 4.69) is 38.1 Å². The van der Waals surface area contributed by atoms with Crippen molar-refractivity contribution in [2.24, 2.45) is 0 Å². The topological polar surface area (TPSA) is 9.23 Å². The van der Waals surface area contributed by atoms with Crippen LogP contribution in [0.5, 0.6) is 5.75 Å². The van der Waals surface area contributed by atoms with E-state index >= 15 is 0 Å². The lowest BCUT2D eigenvalue weighted by atomic mass is 10.1. The number of ether oxygens (including phenoxy) is 1. The Kier molecular flexibility index (Phi) is 15.4. The van der Waals surface area contributed by atoms with Crippen LogP contribution in [-0.2, 0) is 0 Å². The average Bonchev–Trinajstić information content (AvgIpc) is 2.48. The highest BCUT2D eigenvalue weighted by atomic mass is 79.9. The van der Waals surface area contributed by atoms with Gasteiger partial charge in [-0.25, -0.2) is 0 Å². The number of unbranched alkanes of at least 4 members (excludes halogenated alkanes) is 6. The molecule has 3 heteroatoms. The van der Waals surface area contributed by atoms with Crippen LogP contribution in [-0.4, -0.2) is 27.0 Å². The van der Waals surface area contributed by atoms with Crippen molar-refractivity contribution in [2.75, 3.05) is 6.61 Å². The maximum atomic E-state index is 6.01. The summed E-state index contributed by atoms with van der Waals surface area (Å²) in [5.74, 6) is 1.17. The highest BCUT2D eigenvalue weighted by Gasteiger charge is 2.05.